The van der Waals surface area contributed by atoms with Crippen LogP contribution in [0.5, 0.6) is 0 Å². The summed E-state index contributed by atoms with van der Waals surface area (Å²) in [5.74, 6) is 0.807. The lowest BCUT2D eigenvalue weighted by molar-refractivity contribution is -0.384. The second-order valence-electron chi connectivity index (χ2n) is 4.53. The number of nitrogens with two attached hydrogens (primary N) is 1. The third-order valence-corrected chi connectivity index (χ3v) is 3.17. The van der Waals surface area contributed by atoms with Gasteiger partial charge in [-0.15, -0.1) is 0 Å². The van der Waals surface area contributed by atoms with Crippen LogP contribution in [0.1, 0.15) is 5.82 Å². The van der Waals surface area contributed by atoms with E-state index in [0.29, 0.717) is 16.9 Å². The summed E-state index contributed by atoms with van der Waals surface area (Å²) in [5, 5.41) is 10.9. The van der Waals surface area contributed by atoms with Crippen LogP contribution >= 0.6 is 0 Å². The zero-order valence-corrected chi connectivity index (χ0v) is 10.8. The SMILES string of the molecule is Cc1nc(-c2cccc([N+](=O)[O-])c2)c2cc(N)ccn12. The third-order valence-electron chi connectivity index (χ3n) is 3.17. The van der Waals surface area contributed by atoms with E-state index in [0.717, 1.165) is 11.3 Å². The fourth-order valence-electron chi connectivity index (χ4n) is 2.23. The van der Waals surface area contributed by atoms with E-state index in [2.05, 4.69) is 4.98 Å². The molecule has 0 aliphatic heterocycles. The minimum absolute atomic E-state index is 0.0465. The summed E-state index contributed by atoms with van der Waals surface area (Å²) < 4.78 is 1.91. The van der Waals surface area contributed by atoms with Gasteiger partial charge in [0.2, 0.25) is 0 Å². The Morgan fingerprint density at radius 2 is 2.10 bits per heavy atom. The highest BCUT2D eigenvalue weighted by Crippen LogP contribution is 2.28. The molecule has 20 heavy (non-hydrogen) atoms. The number of nitrogen functional groups attached to an aromatic ring is 1. The average molecular weight is 268 g/mol. The van der Waals surface area contributed by atoms with Crippen molar-refractivity contribution in [2.75, 3.05) is 5.73 Å². The van der Waals surface area contributed by atoms with Crippen LogP contribution in [0.25, 0.3) is 16.8 Å². The maximum Gasteiger partial charge on any atom is 0.270 e. The first-order chi connectivity index (χ1) is 9.56. The van der Waals surface area contributed by atoms with Gasteiger partial charge in [-0.3, -0.25) is 10.1 Å². The molecule has 2 aromatic heterocycles. The molecule has 6 nitrogen and oxygen atoms in total. The van der Waals surface area contributed by atoms with Gasteiger partial charge in [0.25, 0.3) is 5.69 Å². The number of pyridine rings is 1. The van der Waals surface area contributed by atoms with Crippen molar-refractivity contribution in [1.82, 2.24) is 9.38 Å². The minimum atomic E-state index is -0.414. The standard InChI is InChI=1S/C14H12N4O2/c1-9-16-14(13-8-11(15)5-6-17(9)13)10-3-2-4-12(7-10)18(19)20/h2-8H,15H2,1H3. The van der Waals surface area contributed by atoms with Gasteiger partial charge in [-0.2, -0.15) is 0 Å². The number of anilines is 1. The molecule has 0 saturated carbocycles. The van der Waals surface area contributed by atoms with Gasteiger partial charge >= 0.3 is 0 Å². The van der Waals surface area contributed by atoms with E-state index < -0.39 is 4.92 Å². The molecule has 0 fully saturated rings. The van der Waals surface area contributed by atoms with Gasteiger partial charge in [0.05, 0.1) is 16.1 Å². The number of aromatic nitrogens is 2. The molecule has 0 radical (unpaired) electrons. The number of aryl methyl sites for hydroxylation is 1. The number of nitrogens with zero attached hydrogens (tertiary/aromatic N) is 3. The highest BCUT2D eigenvalue weighted by atomic mass is 16.6. The Morgan fingerprint density at radius 1 is 1.30 bits per heavy atom. The smallest absolute Gasteiger partial charge is 0.270 e. The quantitative estimate of drug-likeness (QED) is 0.572. The first kappa shape index (κ1) is 12.2. The summed E-state index contributed by atoms with van der Waals surface area (Å²) in [7, 11) is 0. The second kappa shape index (κ2) is 4.34. The molecule has 0 aliphatic rings. The monoisotopic (exact) mass is 268 g/mol. The van der Waals surface area contributed by atoms with E-state index in [1.54, 1.807) is 18.2 Å². The van der Waals surface area contributed by atoms with Crippen molar-refractivity contribution < 1.29 is 4.92 Å². The number of nitro groups is 1. The maximum absolute atomic E-state index is 10.9. The largest absolute Gasteiger partial charge is 0.399 e. The summed E-state index contributed by atoms with van der Waals surface area (Å²) in [6.07, 6.45) is 1.84. The van der Waals surface area contributed by atoms with Crippen LogP contribution in [0, 0.1) is 17.0 Å². The van der Waals surface area contributed by atoms with Gasteiger partial charge in [-0.1, -0.05) is 12.1 Å². The highest BCUT2D eigenvalue weighted by molar-refractivity contribution is 5.80. The van der Waals surface area contributed by atoms with Crippen molar-refractivity contribution in [2.45, 2.75) is 6.92 Å². The highest BCUT2D eigenvalue weighted by Gasteiger charge is 2.13. The lowest BCUT2D eigenvalue weighted by Gasteiger charge is -2.01. The summed E-state index contributed by atoms with van der Waals surface area (Å²) in [6.45, 7) is 1.88. The van der Waals surface area contributed by atoms with Crippen molar-refractivity contribution >= 4 is 16.9 Å². The summed E-state index contributed by atoms with van der Waals surface area (Å²) in [5.41, 5.74) is 8.72. The molecule has 100 valence electrons. The molecule has 0 saturated heterocycles. The van der Waals surface area contributed by atoms with Crippen molar-refractivity contribution in [3.63, 3.8) is 0 Å². The molecule has 0 atom stereocenters. The minimum Gasteiger partial charge on any atom is -0.399 e. The number of nitro benzene ring substituents is 1. The third kappa shape index (κ3) is 1.87. The predicted molar refractivity (Wildman–Crippen MR) is 76.4 cm³/mol. The van der Waals surface area contributed by atoms with Crippen LogP contribution in [0.15, 0.2) is 42.6 Å². The van der Waals surface area contributed by atoms with Gasteiger partial charge in [0.1, 0.15) is 5.82 Å². The lowest BCUT2D eigenvalue weighted by atomic mass is 10.1. The molecular weight excluding hydrogens is 256 g/mol. The molecule has 3 aromatic rings. The molecule has 6 heteroatoms. The van der Waals surface area contributed by atoms with Gasteiger partial charge in [-0.05, 0) is 19.1 Å². The van der Waals surface area contributed by atoms with E-state index in [1.807, 2.05) is 23.6 Å². The first-order valence-electron chi connectivity index (χ1n) is 6.05. The number of hydrogen-bond acceptors (Lipinski definition) is 4. The van der Waals surface area contributed by atoms with E-state index in [-0.39, 0.29) is 5.69 Å². The number of imidazole rings is 1. The number of fused-ring (bicyclic) bond motifs is 1. The van der Waals surface area contributed by atoms with Gasteiger partial charge in [0, 0.05) is 29.6 Å². The molecule has 0 aliphatic carbocycles. The van der Waals surface area contributed by atoms with Crippen LogP contribution in [0.3, 0.4) is 0 Å². The predicted octanol–water partition coefficient (Wildman–Crippen LogP) is 2.80. The summed E-state index contributed by atoms with van der Waals surface area (Å²) >= 11 is 0. The Bertz CT molecular complexity index is 823. The molecule has 0 spiro atoms. The van der Waals surface area contributed by atoms with Crippen molar-refractivity contribution in [3.05, 3.63) is 58.5 Å². The first-order valence-corrected chi connectivity index (χ1v) is 6.05. The van der Waals surface area contributed by atoms with Crippen LogP contribution in [0.4, 0.5) is 11.4 Å². The molecule has 2 N–H and O–H groups in total. The normalized spacial score (nSPS) is 10.8. The Kier molecular flexibility index (Phi) is 2.64. The van der Waals surface area contributed by atoms with Gasteiger partial charge < -0.3 is 10.1 Å². The molecule has 0 bridgehead atoms. The maximum atomic E-state index is 10.9. The van der Waals surface area contributed by atoms with Crippen molar-refractivity contribution in [3.8, 4) is 11.3 Å². The number of benzene rings is 1. The number of rotatable bonds is 2. The number of hydrogen-bond donors (Lipinski definition) is 1. The molecular formula is C14H12N4O2. The van der Waals surface area contributed by atoms with Crippen LogP contribution < -0.4 is 5.73 Å². The Labute approximate surface area is 114 Å². The number of non-ortho nitro benzene ring substituents is 1. The van der Waals surface area contributed by atoms with Gasteiger partial charge in [-0.25, -0.2) is 4.98 Å². The Balaban J connectivity index is 2.26. The lowest BCUT2D eigenvalue weighted by Crippen LogP contribution is -1.91. The Hall–Kier alpha value is -2.89. The van der Waals surface area contributed by atoms with Crippen LogP contribution in [-0.4, -0.2) is 14.3 Å². The molecule has 1 aromatic carbocycles. The summed E-state index contributed by atoms with van der Waals surface area (Å²) in [4.78, 5) is 14.9. The average Bonchev–Trinajstić information content (AvgIpc) is 2.75. The fraction of sp³-hybridized carbons (Fsp3) is 0.0714. The zero-order valence-electron chi connectivity index (χ0n) is 10.8. The Morgan fingerprint density at radius 3 is 2.85 bits per heavy atom. The van der Waals surface area contributed by atoms with Crippen molar-refractivity contribution in [1.29, 1.82) is 0 Å². The van der Waals surface area contributed by atoms with E-state index in [1.165, 1.54) is 12.1 Å². The topological polar surface area (TPSA) is 86.5 Å². The zero-order chi connectivity index (χ0) is 14.3. The van der Waals surface area contributed by atoms with E-state index >= 15 is 0 Å². The molecule has 0 amide bonds. The van der Waals surface area contributed by atoms with E-state index in [4.69, 9.17) is 5.73 Å². The fourth-order valence-corrected chi connectivity index (χ4v) is 2.23. The molecule has 3 rings (SSSR count). The summed E-state index contributed by atoms with van der Waals surface area (Å²) in [6, 6.07) is 10.0. The van der Waals surface area contributed by atoms with Crippen LogP contribution in [0.2, 0.25) is 0 Å². The van der Waals surface area contributed by atoms with Gasteiger partial charge in [0.15, 0.2) is 0 Å². The molecule has 0 unspecified atom stereocenters. The van der Waals surface area contributed by atoms with Crippen LogP contribution in [-0.2, 0) is 0 Å². The van der Waals surface area contributed by atoms with Crippen molar-refractivity contribution in [2.24, 2.45) is 0 Å². The van der Waals surface area contributed by atoms with E-state index in [9.17, 15) is 10.1 Å². The molecule has 2 heterocycles. The second-order valence-corrected chi connectivity index (χ2v) is 4.53.